The van der Waals surface area contributed by atoms with Crippen molar-refractivity contribution in [2.45, 2.75) is 25.9 Å². The average molecular weight is 211 g/mol. The first kappa shape index (κ1) is 10.0. The minimum Gasteiger partial charge on any atom is -0.388 e. The van der Waals surface area contributed by atoms with Crippen LogP contribution in [-0.2, 0) is 0 Å². The van der Waals surface area contributed by atoms with E-state index in [-0.39, 0.29) is 0 Å². The van der Waals surface area contributed by atoms with Crippen molar-refractivity contribution >= 4 is 11.6 Å². The molecule has 1 fully saturated rings. The molecule has 2 unspecified atom stereocenters. The normalized spacial score (nSPS) is 20.5. The molecule has 0 radical (unpaired) electrons. The third-order valence-corrected chi connectivity index (χ3v) is 3.43. The number of rotatable bonds is 3. The maximum Gasteiger partial charge on any atom is 0.0832 e. The van der Waals surface area contributed by atoms with Crippen LogP contribution in [0.15, 0.2) is 24.3 Å². The predicted octanol–water partition coefficient (Wildman–Crippen LogP) is 3.42. The maximum atomic E-state index is 10.1. The molecule has 1 nitrogen and oxygen atoms in total. The Labute approximate surface area is 89.7 Å². The maximum absolute atomic E-state index is 10.1. The van der Waals surface area contributed by atoms with Crippen molar-refractivity contribution in [2.24, 2.45) is 11.8 Å². The second-order valence-corrected chi connectivity index (χ2v) is 4.57. The molecular formula is C12H15ClO. The summed E-state index contributed by atoms with van der Waals surface area (Å²) in [5.74, 6) is 1.02. The Balaban J connectivity index is 2.17. The van der Waals surface area contributed by atoms with E-state index in [9.17, 15) is 5.11 Å². The van der Waals surface area contributed by atoms with E-state index >= 15 is 0 Å². The van der Waals surface area contributed by atoms with Gasteiger partial charge in [-0.2, -0.15) is 0 Å². The van der Waals surface area contributed by atoms with Gasteiger partial charge in [0.15, 0.2) is 0 Å². The highest BCUT2D eigenvalue weighted by atomic mass is 35.5. The molecule has 0 bridgehead atoms. The molecule has 0 aliphatic heterocycles. The Morgan fingerprint density at radius 3 is 2.57 bits per heavy atom. The molecule has 0 aromatic heterocycles. The van der Waals surface area contributed by atoms with Crippen LogP contribution in [0.4, 0.5) is 0 Å². The van der Waals surface area contributed by atoms with Gasteiger partial charge in [0.1, 0.15) is 0 Å². The van der Waals surface area contributed by atoms with Crippen molar-refractivity contribution in [2.75, 3.05) is 0 Å². The Hall–Kier alpha value is -0.530. The quantitative estimate of drug-likeness (QED) is 0.811. The first-order valence-electron chi connectivity index (χ1n) is 5.12. The van der Waals surface area contributed by atoms with Gasteiger partial charge in [0.25, 0.3) is 0 Å². The molecule has 0 saturated heterocycles. The van der Waals surface area contributed by atoms with E-state index < -0.39 is 6.10 Å². The summed E-state index contributed by atoms with van der Waals surface area (Å²) in [5, 5.41) is 10.8. The van der Waals surface area contributed by atoms with Crippen LogP contribution in [-0.4, -0.2) is 5.11 Å². The molecule has 1 aromatic carbocycles. The van der Waals surface area contributed by atoms with Crippen molar-refractivity contribution < 1.29 is 5.11 Å². The Kier molecular flexibility index (Phi) is 2.80. The highest BCUT2D eigenvalue weighted by Crippen LogP contribution is 2.43. The number of benzene rings is 1. The summed E-state index contributed by atoms with van der Waals surface area (Å²) in [7, 11) is 0. The standard InChI is InChI=1S/C12H15ClO/c1-8(9-6-7-9)12(14)10-4-2-3-5-11(10)13/h2-5,8-9,12,14H,6-7H2,1H3. The molecule has 1 aliphatic carbocycles. The largest absolute Gasteiger partial charge is 0.388 e. The molecule has 0 spiro atoms. The van der Waals surface area contributed by atoms with Crippen LogP contribution in [0, 0.1) is 11.8 Å². The second-order valence-electron chi connectivity index (χ2n) is 4.16. The number of hydrogen-bond donors (Lipinski definition) is 1. The van der Waals surface area contributed by atoms with E-state index in [2.05, 4.69) is 6.92 Å². The molecule has 0 heterocycles. The van der Waals surface area contributed by atoms with Crippen LogP contribution in [0.1, 0.15) is 31.4 Å². The van der Waals surface area contributed by atoms with Gasteiger partial charge in [-0.05, 0) is 36.3 Å². The van der Waals surface area contributed by atoms with Crippen molar-refractivity contribution in [1.29, 1.82) is 0 Å². The summed E-state index contributed by atoms with van der Waals surface area (Å²) in [4.78, 5) is 0. The summed E-state index contributed by atoms with van der Waals surface area (Å²) in [5.41, 5.74) is 0.869. The van der Waals surface area contributed by atoms with Crippen molar-refractivity contribution in [3.8, 4) is 0 Å². The first-order chi connectivity index (χ1) is 6.70. The lowest BCUT2D eigenvalue weighted by Crippen LogP contribution is -2.11. The van der Waals surface area contributed by atoms with Gasteiger partial charge in [-0.15, -0.1) is 0 Å². The summed E-state index contributed by atoms with van der Waals surface area (Å²) in [6.07, 6.45) is 2.10. The molecule has 1 N–H and O–H groups in total. The number of aliphatic hydroxyl groups excluding tert-OH is 1. The number of hydrogen-bond acceptors (Lipinski definition) is 1. The third kappa shape index (κ3) is 1.94. The van der Waals surface area contributed by atoms with Crippen LogP contribution >= 0.6 is 11.6 Å². The van der Waals surface area contributed by atoms with E-state index in [0.29, 0.717) is 16.9 Å². The Morgan fingerprint density at radius 1 is 1.36 bits per heavy atom. The topological polar surface area (TPSA) is 20.2 Å². The summed E-state index contributed by atoms with van der Waals surface area (Å²) >= 11 is 6.03. The lowest BCUT2D eigenvalue weighted by Gasteiger charge is -2.19. The van der Waals surface area contributed by atoms with E-state index in [1.807, 2.05) is 24.3 Å². The molecule has 14 heavy (non-hydrogen) atoms. The van der Waals surface area contributed by atoms with Crippen molar-refractivity contribution in [3.63, 3.8) is 0 Å². The lowest BCUT2D eigenvalue weighted by molar-refractivity contribution is 0.106. The summed E-state index contributed by atoms with van der Waals surface area (Å²) < 4.78 is 0. The van der Waals surface area contributed by atoms with Crippen molar-refractivity contribution in [3.05, 3.63) is 34.9 Å². The van der Waals surface area contributed by atoms with Crippen LogP contribution in [0.3, 0.4) is 0 Å². The van der Waals surface area contributed by atoms with Crippen LogP contribution in [0.5, 0.6) is 0 Å². The van der Waals surface area contributed by atoms with Crippen LogP contribution in [0.2, 0.25) is 5.02 Å². The zero-order valence-electron chi connectivity index (χ0n) is 8.28. The fourth-order valence-corrected chi connectivity index (χ4v) is 2.13. The highest BCUT2D eigenvalue weighted by Gasteiger charge is 2.33. The first-order valence-corrected chi connectivity index (χ1v) is 5.50. The minimum absolute atomic E-state index is 0.329. The molecule has 2 heteroatoms. The van der Waals surface area contributed by atoms with Gasteiger partial charge in [0, 0.05) is 5.02 Å². The predicted molar refractivity (Wildman–Crippen MR) is 58.3 cm³/mol. The lowest BCUT2D eigenvalue weighted by atomic mass is 9.93. The fourth-order valence-electron chi connectivity index (χ4n) is 1.88. The molecule has 76 valence electrons. The smallest absolute Gasteiger partial charge is 0.0832 e. The van der Waals surface area contributed by atoms with Gasteiger partial charge in [-0.25, -0.2) is 0 Å². The fraction of sp³-hybridized carbons (Fsp3) is 0.500. The monoisotopic (exact) mass is 210 g/mol. The highest BCUT2D eigenvalue weighted by molar-refractivity contribution is 6.31. The van der Waals surface area contributed by atoms with E-state index in [4.69, 9.17) is 11.6 Å². The third-order valence-electron chi connectivity index (χ3n) is 3.09. The van der Waals surface area contributed by atoms with Gasteiger partial charge >= 0.3 is 0 Å². The van der Waals surface area contributed by atoms with E-state index in [1.54, 1.807) is 0 Å². The molecule has 1 saturated carbocycles. The zero-order valence-corrected chi connectivity index (χ0v) is 9.04. The Bertz CT molecular complexity index is 320. The SMILES string of the molecule is CC(C1CC1)C(O)c1ccccc1Cl. The number of halogens is 1. The van der Waals surface area contributed by atoms with Gasteiger partial charge in [-0.1, -0.05) is 36.7 Å². The van der Waals surface area contributed by atoms with Gasteiger partial charge in [-0.3, -0.25) is 0 Å². The van der Waals surface area contributed by atoms with E-state index in [1.165, 1.54) is 12.8 Å². The molecule has 0 amide bonds. The second kappa shape index (κ2) is 3.92. The Morgan fingerprint density at radius 2 is 2.00 bits per heavy atom. The zero-order chi connectivity index (χ0) is 10.1. The van der Waals surface area contributed by atoms with Gasteiger partial charge < -0.3 is 5.11 Å². The number of aliphatic hydroxyl groups is 1. The summed E-state index contributed by atoms with van der Waals surface area (Å²) in [6, 6.07) is 7.55. The van der Waals surface area contributed by atoms with Gasteiger partial charge in [0.05, 0.1) is 6.10 Å². The van der Waals surface area contributed by atoms with Crippen molar-refractivity contribution in [1.82, 2.24) is 0 Å². The summed E-state index contributed by atoms with van der Waals surface area (Å²) in [6.45, 7) is 2.10. The van der Waals surface area contributed by atoms with Crippen LogP contribution in [0.25, 0.3) is 0 Å². The van der Waals surface area contributed by atoms with Gasteiger partial charge in [0.2, 0.25) is 0 Å². The molecule has 1 aliphatic rings. The molecular weight excluding hydrogens is 196 g/mol. The van der Waals surface area contributed by atoms with Crippen LogP contribution < -0.4 is 0 Å². The minimum atomic E-state index is -0.406. The van der Waals surface area contributed by atoms with E-state index in [0.717, 1.165) is 5.56 Å². The molecule has 2 rings (SSSR count). The average Bonchev–Trinajstić information content (AvgIpc) is 3.00. The molecule has 1 aromatic rings. The molecule has 2 atom stereocenters.